The van der Waals surface area contributed by atoms with Crippen LogP contribution < -0.4 is 4.18 Å². The number of alkyl halides is 3. The molecule has 1 amide bonds. The molecule has 5 heterocycles. The van der Waals surface area contributed by atoms with Gasteiger partial charge in [0.15, 0.2) is 5.75 Å². The normalized spacial score (nSPS) is 16.6. The fourth-order valence-corrected chi connectivity index (χ4v) is 8.13. The number of ether oxygens (including phenoxy) is 1. The van der Waals surface area contributed by atoms with Crippen molar-refractivity contribution in [3.05, 3.63) is 70.6 Å². The van der Waals surface area contributed by atoms with Gasteiger partial charge < -0.3 is 8.92 Å². The third-order valence-electron chi connectivity index (χ3n) is 9.14. The van der Waals surface area contributed by atoms with Gasteiger partial charge in [0.2, 0.25) is 0 Å². The van der Waals surface area contributed by atoms with Gasteiger partial charge in [-0.3, -0.25) is 14.3 Å². The standard InChI is InChI=1S/C36H32F6N6O5S2/c1-16-14-47(34(49)52-35(4,5)6)18(3)25-13-24(45-48(16)25)32-30(28-22(38)11-20(37)12-27(28)53-55(50,51)36(40,41)42)29-23(39)15-54-33(29)31(43-32)19-8-9-21-17(2)44-46(7)26(21)10-19/h8-13,15-16,18H,14H2,1-7H3/t16-,18+/m0/s1. The summed E-state index contributed by atoms with van der Waals surface area (Å²) in [6.07, 6.45) is -0.606. The van der Waals surface area contributed by atoms with Gasteiger partial charge in [0.25, 0.3) is 0 Å². The molecule has 1 aliphatic rings. The van der Waals surface area contributed by atoms with E-state index in [0.717, 1.165) is 27.8 Å². The average Bonchev–Trinajstić information content (AvgIpc) is 3.76. The van der Waals surface area contributed by atoms with E-state index in [1.807, 2.05) is 6.92 Å². The van der Waals surface area contributed by atoms with Crippen LogP contribution in [0.3, 0.4) is 0 Å². The first-order valence-electron chi connectivity index (χ1n) is 16.7. The van der Waals surface area contributed by atoms with Crippen LogP contribution in [0.25, 0.3) is 54.8 Å². The van der Waals surface area contributed by atoms with Gasteiger partial charge in [-0.15, -0.1) is 11.3 Å². The lowest BCUT2D eigenvalue weighted by Crippen LogP contribution is -2.45. The molecule has 0 bridgehead atoms. The molecule has 19 heteroatoms. The second kappa shape index (κ2) is 13.0. The first-order valence-corrected chi connectivity index (χ1v) is 19.0. The summed E-state index contributed by atoms with van der Waals surface area (Å²) in [5.74, 6) is -5.40. The number of rotatable bonds is 5. The number of hydrogen-bond donors (Lipinski definition) is 0. The molecule has 1 aliphatic heterocycles. The Kier molecular flexibility index (Phi) is 8.98. The van der Waals surface area contributed by atoms with Crippen molar-refractivity contribution in [2.45, 2.75) is 64.7 Å². The van der Waals surface area contributed by atoms with Crippen molar-refractivity contribution in [1.29, 1.82) is 0 Å². The highest BCUT2D eigenvalue weighted by atomic mass is 32.2. The lowest BCUT2D eigenvalue weighted by atomic mass is 9.94. The predicted octanol–water partition coefficient (Wildman–Crippen LogP) is 9.21. The van der Waals surface area contributed by atoms with Gasteiger partial charge in [-0.2, -0.15) is 31.8 Å². The molecule has 0 saturated heterocycles. The third-order valence-corrected chi connectivity index (χ3v) is 11.1. The number of amides is 1. The number of carbonyl (C=O) groups excluding carboxylic acids is 1. The topological polar surface area (TPSA) is 121 Å². The Morgan fingerprint density at radius 3 is 2.35 bits per heavy atom. The van der Waals surface area contributed by atoms with E-state index in [4.69, 9.17) is 14.8 Å². The molecule has 0 radical (unpaired) electrons. The van der Waals surface area contributed by atoms with E-state index in [0.29, 0.717) is 22.8 Å². The molecule has 2 atom stereocenters. The second-order valence-corrected chi connectivity index (χ2v) is 16.6. The van der Waals surface area contributed by atoms with Crippen molar-refractivity contribution in [2.75, 3.05) is 6.54 Å². The van der Waals surface area contributed by atoms with Crippen molar-refractivity contribution < 1.29 is 48.5 Å². The third kappa shape index (κ3) is 6.55. The number of fused-ring (bicyclic) bond motifs is 3. The molecule has 0 spiro atoms. The number of thiophene rings is 1. The van der Waals surface area contributed by atoms with Crippen LogP contribution in [0.4, 0.5) is 31.1 Å². The largest absolute Gasteiger partial charge is 0.534 e. The zero-order valence-electron chi connectivity index (χ0n) is 30.2. The molecule has 0 N–H and O–H groups in total. The fraction of sp³-hybridized carbons (Fsp3) is 0.333. The average molecular weight is 807 g/mol. The zero-order valence-corrected chi connectivity index (χ0v) is 31.8. The van der Waals surface area contributed by atoms with E-state index in [-0.39, 0.29) is 39.8 Å². The lowest BCUT2D eigenvalue weighted by molar-refractivity contribution is -0.0500. The molecule has 0 aliphatic carbocycles. The minimum Gasteiger partial charge on any atom is -0.444 e. The molecule has 0 saturated carbocycles. The van der Waals surface area contributed by atoms with Crippen molar-refractivity contribution in [2.24, 2.45) is 7.05 Å². The Morgan fingerprint density at radius 1 is 0.964 bits per heavy atom. The quantitative estimate of drug-likeness (QED) is 0.0961. The monoisotopic (exact) mass is 806 g/mol. The van der Waals surface area contributed by atoms with E-state index in [2.05, 4.69) is 9.28 Å². The van der Waals surface area contributed by atoms with Gasteiger partial charge >= 0.3 is 21.7 Å². The van der Waals surface area contributed by atoms with Crippen LogP contribution in [0.15, 0.2) is 41.8 Å². The number of carbonyl (C=O) groups is 1. The summed E-state index contributed by atoms with van der Waals surface area (Å²) < 4.78 is 126. The predicted molar refractivity (Wildman–Crippen MR) is 192 cm³/mol. The first-order chi connectivity index (χ1) is 25.6. The number of halogens is 6. The number of aryl methyl sites for hydroxylation is 2. The highest BCUT2D eigenvalue weighted by Gasteiger charge is 2.49. The van der Waals surface area contributed by atoms with E-state index < -0.39 is 73.7 Å². The van der Waals surface area contributed by atoms with Gasteiger partial charge in [-0.05, 0) is 53.7 Å². The molecular formula is C36H32F6N6O5S2. The maximum Gasteiger partial charge on any atom is 0.534 e. The maximum absolute atomic E-state index is 16.2. The van der Waals surface area contributed by atoms with Crippen molar-refractivity contribution in [3.8, 4) is 39.5 Å². The number of hydrogen-bond acceptors (Lipinski definition) is 9. The molecule has 2 aromatic carbocycles. The Labute approximate surface area is 314 Å². The summed E-state index contributed by atoms with van der Waals surface area (Å²) >= 11 is 0.852. The Balaban J connectivity index is 1.54. The number of benzene rings is 2. The van der Waals surface area contributed by atoms with E-state index in [9.17, 15) is 30.8 Å². The van der Waals surface area contributed by atoms with E-state index in [1.165, 1.54) is 11.0 Å². The molecule has 4 aromatic heterocycles. The summed E-state index contributed by atoms with van der Waals surface area (Å²) in [6.45, 7) is 10.6. The number of aromatic nitrogens is 5. The highest BCUT2D eigenvalue weighted by Crippen LogP contribution is 2.49. The highest BCUT2D eigenvalue weighted by molar-refractivity contribution is 7.88. The van der Waals surface area contributed by atoms with Crippen LogP contribution >= 0.6 is 11.3 Å². The van der Waals surface area contributed by atoms with Crippen LogP contribution in [0.2, 0.25) is 0 Å². The number of nitrogens with zero attached hydrogens (tertiary/aromatic N) is 6. The second-order valence-electron chi connectivity index (χ2n) is 14.2. The molecule has 7 rings (SSSR count). The SMILES string of the molecule is Cc1nn(C)c2cc(-c3nc(-c4cc5n(n4)[C@@H](C)CN(C(=O)OC(C)(C)C)[C@@H]5C)c(-c4c(F)cc(F)cc4OS(=O)(=O)C(F)(F)F)c4c(F)csc34)ccc12. The smallest absolute Gasteiger partial charge is 0.444 e. The van der Waals surface area contributed by atoms with Crippen LogP contribution in [0.1, 0.15) is 58.1 Å². The summed E-state index contributed by atoms with van der Waals surface area (Å²) in [7, 11) is -4.75. The zero-order chi connectivity index (χ0) is 40.1. The number of pyridine rings is 1. The van der Waals surface area contributed by atoms with Crippen molar-refractivity contribution in [3.63, 3.8) is 0 Å². The summed E-state index contributed by atoms with van der Waals surface area (Å²) in [5, 5.41) is 10.7. The molecule has 0 unspecified atom stereocenters. The van der Waals surface area contributed by atoms with Gasteiger partial charge in [-0.25, -0.2) is 22.9 Å². The lowest BCUT2D eigenvalue weighted by Gasteiger charge is -2.38. The Morgan fingerprint density at radius 2 is 1.67 bits per heavy atom. The summed E-state index contributed by atoms with van der Waals surface area (Å²) in [4.78, 5) is 19.6. The molecule has 6 aromatic rings. The Hall–Kier alpha value is -5.17. The van der Waals surface area contributed by atoms with Crippen LogP contribution in [-0.2, 0) is 21.9 Å². The minimum atomic E-state index is -6.48. The van der Waals surface area contributed by atoms with Gasteiger partial charge in [0.05, 0.1) is 44.9 Å². The van der Waals surface area contributed by atoms with Gasteiger partial charge in [-0.1, -0.05) is 12.1 Å². The fourth-order valence-electron chi connectivity index (χ4n) is 6.74. The van der Waals surface area contributed by atoms with E-state index in [1.54, 1.807) is 69.2 Å². The van der Waals surface area contributed by atoms with Gasteiger partial charge in [0.1, 0.15) is 34.4 Å². The van der Waals surface area contributed by atoms with Gasteiger partial charge in [0, 0.05) is 53.0 Å². The van der Waals surface area contributed by atoms with Crippen LogP contribution in [-0.4, -0.2) is 61.6 Å². The van der Waals surface area contributed by atoms with Crippen molar-refractivity contribution >= 4 is 48.5 Å². The first kappa shape index (κ1) is 38.1. The molecule has 11 nitrogen and oxygen atoms in total. The molecule has 0 fully saturated rings. The van der Waals surface area contributed by atoms with Crippen LogP contribution in [0, 0.1) is 24.4 Å². The molecule has 290 valence electrons. The molecule has 55 heavy (non-hydrogen) atoms. The maximum atomic E-state index is 16.2. The minimum absolute atomic E-state index is 0.0469. The summed E-state index contributed by atoms with van der Waals surface area (Å²) in [5.41, 5.74) is -6.21. The van der Waals surface area contributed by atoms with E-state index >= 15 is 8.78 Å². The van der Waals surface area contributed by atoms with Crippen molar-refractivity contribution in [1.82, 2.24) is 29.4 Å². The molecular weight excluding hydrogens is 775 g/mol. The Bertz CT molecular complexity index is 2660. The summed E-state index contributed by atoms with van der Waals surface area (Å²) in [6, 6.07) is 6.18. The van der Waals surface area contributed by atoms with Crippen LogP contribution in [0.5, 0.6) is 5.75 Å².